The van der Waals surface area contributed by atoms with E-state index < -0.39 is 6.10 Å². The SMILES string of the molecule is CCCC/C=C\C/C=C\CCCCCCCC(=O)OCC(COC(=O)CCCCCCCCCCCCCCCCCCCCCCCCCCCC)OC(=O)CCCCCCCCC/C=C\C/C=C\CCCCC. The number of allylic oxidation sites excluding steroid dienone is 8. The van der Waals surface area contributed by atoms with Gasteiger partial charge in [-0.15, -0.1) is 0 Å². The van der Waals surface area contributed by atoms with E-state index in [1.54, 1.807) is 0 Å². The zero-order chi connectivity index (χ0) is 54.3. The first-order valence-corrected chi connectivity index (χ1v) is 33.1. The van der Waals surface area contributed by atoms with E-state index in [4.69, 9.17) is 14.2 Å². The van der Waals surface area contributed by atoms with Gasteiger partial charge in [0.05, 0.1) is 0 Å². The number of carbonyl (C=O) groups excluding carboxylic acids is 3. The maximum absolute atomic E-state index is 12.9. The van der Waals surface area contributed by atoms with Crippen LogP contribution in [0, 0.1) is 0 Å². The summed E-state index contributed by atoms with van der Waals surface area (Å²) in [4.78, 5) is 38.3. The highest BCUT2D eigenvalue weighted by atomic mass is 16.6. The molecule has 6 heteroatoms. The maximum Gasteiger partial charge on any atom is 0.306 e. The second-order valence-electron chi connectivity index (χ2n) is 22.4. The van der Waals surface area contributed by atoms with Crippen LogP contribution in [0.25, 0.3) is 0 Å². The van der Waals surface area contributed by atoms with Crippen LogP contribution in [0.15, 0.2) is 48.6 Å². The summed E-state index contributed by atoms with van der Waals surface area (Å²) in [5.41, 5.74) is 0. The maximum atomic E-state index is 12.9. The van der Waals surface area contributed by atoms with Gasteiger partial charge in [0.2, 0.25) is 0 Å². The van der Waals surface area contributed by atoms with E-state index in [1.807, 2.05) is 0 Å². The Morgan fingerprint density at radius 1 is 0.267 bits per heavy atom. The Labute approximate surface area is 467 Å². The van der Waals surface area contributed by atoms with Crippen molar-refractivity contribution in [1.29, 1.82) is 0 Å². The normalized spacial score (nSPS) is 12.3. The number of hydrogen-bond donors (Lipinski definition) is 0. The average Bonchev–Trinajstić information content (AvgIpc) is 3.41. The van der Waals surface area contributed by atoms with Crippen molar-refractivity contribution in [2.45, 2.75) is 361 Å². The Kier molecular flexibility index (Phi) is 61.7. The average molecular weight is 1050 g/mol. The van der Waals surface area contributed by atoms with Crippen LogP contribution >= 0.6 is 0 Å². The monoisotopic (exact) mass is 1050 g/mol. The minimum Gasteiger partial charge on any atom is -0.462 e. The quantitative estimate of drug-likeness (QED) is 0.0261. The molecule has 0 aromatic carbocycles. The molecule has 0 bridgehead atoms. The van der Waals surface area contributed by atoms with E-state index in [-0.39, 0.29) is 31.1 Å². The lowest BCUT2D eigenvalue weighted by molar-refractivity contribution is -0.167. The van der Waals surface area contributed by atoms with Crippen molar-refractivity contribution in [2.75, 3.05) is 13.2 Å². The Bertz CT molecular complexity index is 1300. The van der Waals surface area contributed by atoms with E-state index in [2.05, 4.69) is 69.4 Å². The summed E-state index contributed by atoms with van der Waals surface area (Å²) in [6.07, 6.45) is 79.9. The van der Waals surface area contributed by atoms with Crippen LogP contribution in [0.4, 0.5) is 0 Å². The Hall–Kier alpha value is -2.63. The summed E-state index contributed by atoms with van der Waals surface area (Å²) >= 11 is 0. The van der Waals surface area contributed by atoms with Gasteiger partial charge < -0.3 is 14.2 Å². The predicted octanol–water partition coefficient (Wildman–Crippen LogP) is 22.6. The first-order valence-electron chi connectivity index (χ1n) is 33.1. The molecule has 0 aromatic rings. The number of carbonyl (C=O) groups is 3. The molecular weight excluding hydrogens is 925 g/mol. The van der Waals surface area contributed by atoms with Crippen LogP contribution < -0.4 is 0 Å². The molecule has 6 nitrogen and oxygen atoms in total. The van der Waals surface area contributed by atoms with Crippen LogP contribution in [0.5, 0.6) is 0 Å². The van der Waals surface area contributed by atoms with E-state index in [9.17, 15) is 14.4 Å². The lowest BCUT2D eigenvalue weighted by Gasteiger charge is -2.18. The number of rotatable bonds is 61. The Morgan fingerprint density at radius 2 is 0.493 bits per heavy atom. The molecule has 0 saturated heterocycles. The highest BCUT2D eigenvalue weighted by Gasteiger charge is 2.19. The van der Waals surface area contributed by atoms with Gasteiger partial charge in [-0.1, -0.05) is 307 Å². The van der Waals surface area contributed by atoms with E-state index >= 15 is 0 Å². The fourth-order valence-corrected chi connectivity index (χ4v) is 9.79. The second kappa shape index (κ2) is 63.9. The molecule has 75 heavy (non-hydrogen) atoms. The van der Waals surface area contributed by atoms with Crippen molar-refractivity contribution in [2.24, 2.45) is 0 Å². The van der Waals surface area contributed by atoms with Gasteiger partial charge in [0, 0.05) is 19.3 Å². The topological polar surface area (TPSA) is 78.9 Å². The molecule has 0 heterocycles. The number of esters is 3. The van der Waals surface area contributed by atoms with E-state index in [1.165, 1.54) is 225 Å². The van der Waals surface area contributed by atoms with Gasteiger partial charge in [0.1, 0.15) is 13.2 Å². The standard InChI is InChI=1S/C69H126O6/c1-4-7-10-13-16-19-22-25-28-30-31-32-33-34-35-36-37-38-40-41-44-47-50-53-56-59-62-68(71)74-65-66(64-73-67(70)61-58-55-52-49-46-43-27-24-21-18-15-12-9-6-3)75-69(72)63-60-57-54-51-48-45-42-39-29-26-23-20-17-14-11-8-5-2/h15,17-18,20,24,26-27,29,66H,4-14,16,19,21-23,25,28,30-65H2,1-3H3/b18-15-,20-17-,27-24-,29-26-. The summed E-state index contributed by atoms with van der Waals surface area (Å²) in [6, 6.07) is 0. The minimum absolute atomic E-state index is 0.0775. The zero-order valence-corrected chi connectivity index (χ0v) is 50.3. The lowest BCUT2D eigenvalue weighted by Crippen LogP contribution is -2.30. The molecule has 0 aliphatic rings. The summed E-state index contributed by atoms with van der Waals surface area (Å²) in [5.74, 6) is -0.879. The largest absolute Gasteiger partial charge is 0.462 e. The van der Waals surface area contributed by atoms with Gasteiger partial charge in [0.25, 0.3) is 0 Å². The van der Waals surface area contributed by atoms with E-state index in [0.29, 0.717) is 19.3 Å². The molecule has 0 fully saturated rings. The van der Waals surface area contributed by atoms with Gasteiger partial charge in [-0.05, 0) is 77.0 Å². The van der Waals surface area contributed by atoms with Gasteiger partial charge in [-0.2, -0.15) is 0 Å². The molecule has 0 rings (SSSR count). The summed E-state index contributed by atoms with van der Waals surface area (Å²) < 4.78 is 16.9. The molecule has 0 N–H and O–H groups in total. The molecule has 1 unspecified atom stereocenters. The third-order valence-electron chi connectivity index (χ3n) is 14.8. The van der Waals surface area contributed by atoms with Crippen molar-refractivity contribution in [3.8, 4) is 0 Å². The van der Waals surface area contributed by atoms with Crippen molar-refractivity contribution in [1.82, 2.24) is 0 Å². The Morgan fingerprint density at radius 3 is 0.800 bits per heavy atom. The summed E-state index contributed by atoms with van der Waals surface area (Å²) in [6.45, 7) is 6.61. The first-order chi connectivity index (χ1) is 37.0. The number of hydrogen-bond acceptors (Lipinski definition) is 6. The number of unbranched alkanes of at least 4 members (excludes halogenated alkanes) is 42. The van der Waals surface area contributed by atoms with Crippen molar-refractivity contribution in [3.05, 3.63) is 48.6 Å². The lowest BCUT2D eigenvalue weighted by atomic mass is 10.0. The molecule has 0 aliphatic carbocycles. The highest BCUT2D eigenvalue weighted by Crippen LogP contribution is 2.18. The molecular formula is C69H126O6. The Balaban J connectivity index is 4.25. The third-order valence-corrected chi connectivity index (χ3v) is 14.8. The van der Waals surface area contributed by atoms with Gasteiger partial charge in [-0.3, -0.25) is 14.4 Å². The van der Waals surface area contributed by atoms with Crippen molar-refractivity contribution >= 4 is 17.9 Å². The first kappa shape index (κ1) is 72.4. The third kappa shape index (κ3) is 62.1. The van der Waals surface area contributed by atoms with Crippen molar-refractivity contribution < 1.29 is 28.6 Å². The van der Waals surface area contributed by atoms with Crippen molar-refractivity contribution in [3.63, 3.8) is 0 Å². The predicted molar refractivity (Wildman–Crippen MR) is 325 cm³/mol. The van der Waals surface area contributed by atoms with Crippen LogP contribution in [-0.2, 0) is 28.6 Å². The molecule has 0 aromatic heterocycles. The smallest absolute Gasteiger partial charge is 0.306 e. The van der Waals surface area contributed by atoms with Crippen LogP contribution in [0.1, 0.15) is 355 Å². The molecule has 0 spiro atoms. The zero-order valence-electron chi connectivity index (χ0n) is 50.3. The van der Waals surface area contributed by atoms with Crippen LogP contribution in [0.2, 0.25) is 0 Å². The fraction of sp³-hybridized carbons (Fsp3) is 0.841. The molecule has 0 radical (unpaired) electrons. The van der Waals surface area contributed by atoms with Crippen LogP contribution in [0.3, 0.4) is 0 Å². The highest BCUT2D eigenvalue weighted by molar-refractivity contribution is 5.71. The second-order valence-corrected chi connectivity index (χ2v) is 22.4. The van der Waals surface area contributed by atoms with Gasteiger partial charge in [-0.25, -0.2) is 0 Å². The minimum atomic E-state index is -0.782. The summed E-state index contributed by atoms with van der Waals surface area (Å²) in [5, 5.41) is 0. The fourth-order valence-electron chi connectivity index (χ4n) is 9.79. The molecule has 1 atom stereocenters. The molecule has 0 amide bonds. The molecule has 0 aliphatic heterocycles. The van der Waals surface area contributed by atoms with Gasteiger partial charge >= 0.3 is 17.9 Å². The van der Waals surface area contributed by atoms with E-state index in [0.717, 1.165) is 89.9 Å². The van der Waals surface area contributed by atoms with Crippen LogP contribution in [-0.4, -0.2) is 37.2 Å². The van der Waals surface area contributed by atoms with Gasteiger partial charge in [0.15, 0.2) is 6.10 Å². The summed E-state index contributed by atoms with van der Waals surface area (Å²) in [7, 11) is 0. The molecule has 0 saturated carbocycles. The molecule has 438 valence electrons. The number of ether oxygens (including phenoxy) is 3.